The zero-order valence-corrected chi connectivity index (χ0v) is 12.6. The molecule has 0 radical (unpaired) electrons. The van der Waals surface area contributed by atoms with Crippen LogP contribution in [0.1, 0.15) is 42.5 Å². The molecule has 0 spiro atoms. The molecule has 0 heterocycles. The molecule has 22 heavy (non-hydrogen) atoms. The van der Waals surface area contributed by atoms with E-state index in [4.69, 9.17) is 5.73 Å². The predicted molar refractivity (Wildman–Crippen MR) is 85.2 cm³/mol. The number of guanidine groups is 1. The molecule has 1 fully saturated rings. The molecule has 2 rings (SSSR count). The number of amides is 1. The average molecular weight is 306 g/mol. The first-order valence-electron chi connectivity index (χ1n) is 7.76. The monoisotopic (exact) mass is 306 g/mol. The highest BCUT2D eigenvalue weighted by molar-refractivity contribution is 5.94. The van der Waals surface area contributed by atoms with Gasteiger partial charge in [0.15, 0.2) is 5.96 Å². The normalized spacial score (nSPS) is 16.3. The molecule has 1 aromatic rings. The van der Waals surface area contributed by atoms with E-state index in [0.717, 1.165) is 12.8 Å². The summed E-state index contributed by atoms with van der Waals surface area (Å²) in [7, 11) is 0. The van der Waals surface area contributed by atoms with E-state index in [-0.39, 0.29) is 5.56 Å². The van der Waals surface area contributed by atoms with E-state index in [1.54, 1.807) is 12.1 Å². The highest BCUT2D eigenvalue weighted by Crippen LogP contribution is 2.16. The van der Waals surface area contributed by atoms with Gasteiger partial charge in [0.2, 0.25) is 0 Å². The van der Waals surface area contributed by atoms with E-state index in [1.807, 2.05) is 0 Å². The standard InChI is InChI=1S/C16H23FN4O/c17-14-9-5-4-8-13(14)15(22)19-10-11-20-16(18)21-12-6-2-1-3-7-12/h4-5,8-9,12H,1-3,6-7,10-11H2,(H,19,22)(H3,18,20,21). The summed E-state index contributed by atoms with van der Waals surface area (Å²) in [6, 6.07) is 6.30. The molecule has 0 bridgehead atoms. The van der Waals surface area contributed by atoms with Crippen LogP contribution >= 0.6 is 0 Å². The van der Waals surface area contributed by atoms with Crippen LogP contribution < -0.4 is 16.4 Å². The van der Waals surface area contributed by atoms with Gasteiger partial charge in [0, 0.05) is 12.6 Å². The zero-order chi connectivity index (χ0) is 15.8. The summed E-state index contributed by atoms with van der Waals surface area (Å²) in [5.74, 6) is -0.555. The van der Waals surface area contributed by atoms with Crippen molar-refractivity contribution in [2.45, 2.75) is 38.1 Å². The lowest BCUT2D eigenvalue weighted by atomic mass is 9.96. The molecule has 4 N–H and O–H groups in total. The molecule has 1 aliphatic rings. The minimum atomic E-state index is -0.526. The third-order valence-corrected chi connectivity index (χ3v) is 3.76. The smallest absolute Gasteiger partial charge is 0.254 e. The molecule has 0 unspecified atom stereocenters. The Morgan fingerprint density at radius 3 is 2.73 bits per heavy atom. The first-order chi connectivity index (χ1) is 10.7. The molecule has 6 heteroatoms. The molecule has 1 aromatic carbocycles. The van der Waals surface area contributed by atoms with Gasteiger partial charge in [-0.3, -0.25) is 9.79 Å². The van der Waals surface area contributed by atoms with Crippen molar-refractivity contribution in [1.82, 2.24) is 10.6 Å². The summed E-state index contributed by atoms with van der Waals surface area (Å²) in [6.45, 7) is 0.686. The summed E-state index contributed by atoms with van der Waals surface area (Å²) in [4.78, 5) is 16.0. The van der Waals surface area contributed by atoms with Crippen LogP contribution in [0.25, 0.3) is 0 Å². The predicted octanol–water partition coefficient (Wildman–Crippen LogP) is 1.79. The summed E-state index contributed by atoms with van der Waals surface area (Å²) in [5, 5.41) is 5.83. The number of nitrogens with two attached hydrogens (primary N) is 1. The second-order valence-corrected chi connectivity index (χ2v) is 5.48. The van der Waals surface area contributed by atoms with Crippen molar-refractivity contribution in [3.63, 3.8) is 0 Å². The van der Waals surface area contributed by atoms with Crippen molar-refractivity contribution in [3.05, 3.63) is 35.6 Å². The molecule has 0 saturated heterocycles. The molecular formula is C16H23FN4O. The van der Waals surface area contributed by atoms with Crippen molar-refractivity contribution >= 4 is 11.9 Å². The van der Waals surface area contributed by atoms with Crippen LogP contribution in [0.5, 0.6) is 0 Å². The molecule has 1 aliphatic carbocycles. The Bertz CT molecular complexity index is 527. The van der Waals surface area contributed by atoms with Crippen molar-refractivity contribution < 1.29 is 9.18 Å². The maximum atomic E-state index is 13.4. The molecule has 1 amide bonds. The highest BCUT2D eigenvalue weighted by Gasteiger charge is 2.13. The fourth-order valence-electron chi connectivity index (χ4n) is 2.59. The van der Waals surface area contributed by atoms with Gasteiger partial charge < -0.3 is 16.4 Å². The second-order valence-electron chi connectivity index (χ2n) is 5.48. The van der Waals surface area contributed by atoms with Crippen LogP contribution in [0.2, 0.25) is 0 Å². The quantitative estimate of drug-likeness (QED) is 0.441. The van der Waals surface area contributed by atoms with Gasteiger partial charge in [-0.1, -0.05) is 31.4 Å². The number of rotatable bonds is 5. The first kappa shape index (κ1) is 16.3. The van der Waals surface area contributed by atoms with Crippen LogP contribution in [0, 0.1) is 5.82 Å². The molecule has 0 atom stereocenters. The molecule has 5 nitrogen and oxygen atoms in total. The lowest BCUT2D eigenvalue weighted by Gasteiger charge is -2.23. The summed E-state index contributed by atoms with van der Waals surface area (Å²) >= 11 is 0. The minimum absolute atomic E-state index is 0.0415. The number of aliphatic imine (C=N–C) groups is 1. The largest absolute Gasteiger partial charge is 0.370 e. The van der Waals surface area contributed by atoms with Crippen LogP contribution in [0.15, 0.2) is 29.3 Å². The van der Waals surface area contributed by atoms with Gasteiger partial charge in [-0.15, -0.1) is 0 Å². The maximum Gasteiger partial charge on any atom is 0.254 e. The van der Waals surface area contributed by atoms with E-state index in [2.05, 4.69) is 15.6 Å². The number of halogens is 1. The molecule has 1 saturated carbocycles. The number of carbonyl (C=O) groups excluding carboxylic acids is 1. The first-order valence-corrected chi connectivity index (χ1v) is 7.76. The lowest BCUT2D eigenvalue weighted by Crippen LogP contribution is -2.41. The summed E-state index contributed by atoms with van der Waals surface area (Å²) in [5.41, 5.74) is 5.86. The fourth-order valence-corrected chi connectivity index (χ4v) is 2.59. The van der Waals surface area contributed by atoms with Crippen LogP contribution in [0.3, 0.4) is 0 Å². The summed E-state index contributed by atoms with van der Waals surface area (Å²) in [6.07, 6.45) is 5.99. The molecule has 0 aromatic heterocycles. The van der Waals surface area contributed by atoms with Gasteiger partial charge in [0.25, 0.3) is 5.91 Å². The Labute approximate surface area is 130 Å². The Hall–Kier alpha value is -2.11. The van der Waals surface area contributed by atoms with Gasteiger partial charge in [0.1, 0.15) is 5.82 Å². The highest BCUT2D eigenvalue weighted by atomic mass is 19.1. The third-order valence-electron chi connectivity index (χ3n) is 3.76. The van der Waals surface area contributed by atoms with Crippen molar-refractivity contribution in [2.75, 3.05) is 13.1 Å². The van der Waals surface area contributed by atoms with E-state index >= 15 is 0 Å². The van der Waals surface area contributed by atoms with Gasteiger partial charge in [-0.25, -0.2) is 4.39 Å². The Morgan fingerprint density at radius 2 is 2.00 bits per heavy atom. The van der Waals surface area contributed by atoms with E-state index in [0.29, 0.717) is 25.1 Å². The third kappa shape index (κ3) is 5.02. The van der Waals surface area contributed by atoms with Gasteiger partial charge >= 0.3 is 0 Å². The number of benzene rings is 1. The van der Waals surface area contributed by atoms with Crippen LogP contribution in [0.4, 0.5) is 4.39 Å². The van der Waals surface area contributed by atoms with Crippen molar-refractivity contribution in [2.24, 2.45) is 10.7 Å². The Balaban J connectivity index is 1.70. The minimum Gasteiger partial charge on any atom is -0.370 e. The number of nitrogens with one attached hydrogen (secondary N) is 2. The fraction of sp³-hybridized carbons (Fsp3) is 0.500. The van der Waals surface area contributed by atoms with E-state index in [9.17, 15) is 9.18 Å². The van der Waals surface area contributed by atoms with Gasteiger partial charge in [-0.2, -0.15) is 0 Å². The Morgan fingerprint density at radius 1 is 1.27 bits per heavy atom. The average Bonchev–Trinajstić information content (AvgIpc) is 2.53. The van der Waals surface area contributed by atoms with Crippen LogP contribution in [-0.4, -0.2) is 31.0 Å². The zero-order valence-electron chi connectivity index (χ0n) is 12.6. The SMILES string of the molecule is NC(=NCCNC(=O)c1ccccc1F)NC1CCCCC1. The van der Waals surface area contributed by atoms with Crippen LogP contribution in [-0.2, 0) is 0 Å². The number of nitrogens with zero attached hydrogens (tertiary/aromatic N) is 1. The van der Waals surface area contributed by atoms with E-state index in [1.165, 1.54) is 31.4 Å². The van der Waals surface area contributed by atoms with Gasteiger partial charge in [-0.05, 0) is 25.0 Å². The molecule has 120 valence electrons. The molecular weight excluding hydrogens is 283 g/mol. The number of hydrogen-bond acceptors (Lipinski definition) is 2. The second kappa shape index (κ2) is 8.36. The topological polar surface area (TPSA) is 79.5 Å². The van der Waals surface area contributed by atoms with Crippen molar-refractivity contribution in [3.8, 4) is 0 Å². The molecule has 0 aliphatic heterocycles. The number of carbonyl (C=O) groups is 1. The number of hydrogen-bond donors (Lipinski definition) is 3. The summed E-state index contributed by atoms with van der Waals surface area (Å²) < 4.78 is 13.4. The van der Waals surface area contributed by atoms with E-state index < -0.39 is 11.7 Å². The maximum absolute atomic E-state index is 13.4. The van der Waals surface area contributed by atoms with Crippen molar-refractivity contribution in [1.29, 1.82) is 0 Å². The van der Waals surface area contributed by atoms with Gasteiger partial charge in [0.05, 0.1) is 12.1 Å². The Kier molecular flexibility index (Phi) is 6.18. The lowest BCUT2D eigenvalue weighted by molar-refractivity contribution is 0.0951.